The van der Waals surface area contributed by atoms with Crippen LogP contribution in [0.15, 0.2) is 42.6 Å². The SMILES string of the molecule is OCCN1CCN(Cc2cccc(-c3cc(C(F)(F)F)ccn3)c2)CC1. The number of alkyl halides is 3. The zero-order chi connectivity index (χ0) is 18.6. The van der Waals surface area contributed by atoms with E-state index in [2.05, 4.69) is 14.8 Å². The van der Waals surface area contributed by atoms with Crippen LogP contribution in [0.4, 0.5) is 13.2 Å². The summed E-state index contributed by atoms with van der Waals surface area (Å²) in [7, 11) is 0. The minimum Gasteiger partial charge on any atom is -0.395 e. The minimum atomic E-state index is -4.37. The molecule has 0 aliphatic carbocycles. The Morgan fingerprint density at radius 1 is 1.00 bits per heavy atom. The molecule has 0 atom stereocenters. The van der Waals surface area contributed by atoms with Crippen LogP contribution >= 0.6 is 0 Å². The molecule has 1 aliphatic rings. The monoisotopic (exact) mass is 365 g/mol. The Bertz CT molecular complexity index is 728. The molecule has 0 amide bonds. The summed E-state index contributed by atoms with van der Waals surface area (Å²) in [6, 6.07) is 9.60. The molecule has 1 fully saturated rings. The predicted octanol–water partition coefficient (Wildman–Crippen LogP) is 2.88. The van der Waals surface area contributed by atoms with Crippen LogP contribution in [-0.4, -0.2) is 59.2 Å². The van der Waals surface area contributed by atoms with E-state index < -0.39 is 11.7 Å². The van der Waals surface area contributed by atoms with Gasteiger partial charge in [0.25, 0.3) is 0 Å². The number of halogens is 3. The number of benzene rings is 1. The van der Waals surface area contributed by atoms with Gasteiger partial charge >= 0.3 is 6.18 Å². The van der Waals surface area contributed by atoms with Gasteiger partial charge in [-0.2, -0.15) is 13.2 Å². The van der Waals surface area contributed by atoms with Gasteiger partial charge in [0.15, 0.2) is 0 Å². The molecule has 140 valence electrons. The van der Waals surface area contributed by atoms with E-state index in [0.717, 1.165) is 50.4 Å². The summed E-state index contributed by atoms with van der Waals surface area (Å²) in [5, 5.41) is 9.00. The van der Waals surface area contributed by atoms with Crippen LogP contribution in [-0.2, 0) is 12.7 Å². The number of piperazine rings is 1. The number of aromatic nitrogens is 1. The molecule has 0 unspecified atom stereocenters. The number of hydrogen-bond acceptors (Lipinski definition) is 4. The van der Waals surface area contributed by atoms with Gasteiger partial charge in [0.05, 0.1) is 17.9 Å². The molecule has 3 rings (SSSR count). The van der Waals surface area contributed by atoms with Crippen molar-refractivity contribution >= 4 is 0 Å². The molecule has 4 nitrogen and oxygen atoms in total. The number of rotatable bonds is 5. The summed E-state index contributed by atoms with van der Waals surface area (Å²) >= 11 is 0. The summed E-state index contributed by atoms with van der Waals surface area (Å²) in [6.45, 7) is 5.26. The number of hydrogen-bond donors (Lipinski definition) is 1. The molecule has 7 heteroatoms. The first-order valence-electron chi connectivity index (χ1n) is 8.64. The smallest absolute Gasteiger partial charge is 0.395 e. The minimum absolute atomic E-state index is 0.173. The van der Waals surface area contributed by atoms with Gasteiger partial charge in [-0.05, 0) is 23.8 Å². The average Bonchev–Trinajstić information content (AvgIpc) is 2.63. The van der Waals surface area contributed by atoms with E-state index in [9.17, 15) is 13.2 Å². The van der Waals surface area contributed by atoms with Crippen molar-refractivity contribution in [2.24, 2.45) is 0 Å². The second-order valence-corrected chi connectivity index (χ2v) is 6.47. The lowest BCUT2D eigenvalue weighted by atomic mass is 10.1. The van der Waals surface area contributed by atoms with E-state index in [-0.39, 0.29) is 6.61 Å². The Morgan fingerprint density at radius 2 is 1.73 bits per heavy atom. The van der Waals surface area contributed by atoms with Crippen LogP contribution in [0.2, 0.25) is 0 Å². The average molecular weight is 365 g/mol. The number of β-amino-alcohol motifs (C(OH)–C–C–N with tert-alkyl or cyclic N) is 1. The Labute approximate surface area is 150 Å². The molecule has 1 aromatic carbocycles. The highest BCUT2D eigenvalue weighted by Crippen LogP contribution is 2.31. The Balaban J connectivity index is 1.69. The van der Waals surface area contributed by atoms with E-state index in [1.54, 1.807) is 6.07 Å². The highest BCUT2D eigenvalue weighted by molar-refractivity contribution is 5.60. The quantitative estimate of drug-likeness (QED) is 0.885. The van der Waals surface area contributed by atoms with Crippen LogP contribution < -0.4 is 0 Å². The van der Waals surface area contributed by atoms with Gasteiger partial charge in [-0.25, -0.2) is 0 Å². The summed E-state index contributed by atoms with van der Waals surface area (Å²) < 4.78 is 38.7. The fourth-order valence-corrected chi connectivity index (χ4v) is 3.16. The lowest BCUT2D eigenvalue weighted by Crippen LogP contribution is -2.46. The first-order valence-corrected chi connectivity index (χ1v) is 8.64. The molecule has 0 spiro atoms. The summed E-state index contributed by atoms with van der Waals surface area (Å²) in [6.07, 6.45) is -3.17. The van der Waals surface area contributed by atoms with Crippen LogP contribution in [0.5, 0.6) is 0 Å². The van der Waals surface area contributed by atoms with Crippen LogP contribution in [0.25, 0.3) is 11.3 Å². The van der Waals surface area contributed by atoms with Crippen molar-refractivity contribution < 1.29 is 18.3 Å². The Hall–Kier alpha value is -1.96. The molecule has 2 aromatic rings. The van der Waals surface area contributed by atoms with Crippen molar-refractivity contribution in [1.82, 2.24) is 14.8 Å². The number of aliphatic hydroxyl groups excluding tert-OH is 1. The van der Waals surface area contributed by atoms with Gasteiger partial charge in [-0.15, -0.1) is 0 Å². The van der Waals surface area contributed by atoms with Gasteiger partial charge in [0.2, 0.25) is 0 Å². The standard InChI is InChI=1S/C19H22F3N3O/c20-19(21,22)17-4-5-23-18(13-17)16-3-1-2-15(12-16)14-25-8-6-24(7-9-25)10-11-26/h1-5,12-13,26H,6-11,14H2. The zero-order valence-electron chi connectivity index (χ0n) is 14.4. The van der Waals surface area contributed by atoms with E-state index in [1.807, 2.05) is 18.2 Å². The van der Waals surface area contributed by atoms with E-state index in [0.29, 0.717) is 17.8 Å². The third-order valence-electron chi connectivity index (χ3n) is 4.60. The molecule has 26 heavy (non-hydrogen) atoms. The predicted molar refractivity (Wildman–Crippen MR) is 93.5 cm³/mol. The highest BCUT2D eigenvalue weighted by Gasteiger charge is 2.30. The third-order valence-corrected chi connectivity index (χ3v) is 4.60. The number of nitrogens with zero attached hydrogens (tertiary/aromatic N) is 3. The van der Waals surface area contributed by atoms with Gasteiger partial charge in [0, 0.05) is 51.0 Å². The molecular weight excluding hydrogens is 343 g/mol. The molecule has 1 N–H and O–H groups in total. The molecular formula is C19H22F3N3O. The Morgan fingerprint density at radius 3 is 2.42 bits per heavy atom. The highest BCUT2D eigenvalue weighted by atomic mass is 19.4. The van der Waals surface area contributed by atoms with Crippen molar-refractivity contribution in [2.75, 3.05) is 39.3 Å². The van der Waals surface area contributed by atoms with Gasteiger partial charge in [-0.1, -0.05) is 18.2 Å². The van der Waals surface area contributed by atoms with E-state index in [4.69, 9.17) is 5.11 Å². The largest absolute Gasteiger partial charge is 0.416 e. The van der Waals surface area contributed by atoms with Crippen molar-refractivity contribution in [3.8, 4) is 11.3 Å². The van der Waals surface area contributed by atoms with Crippen molar-refractivity contribution in [2.45, 2.75) is 12.7 Å². The summed E-state index contributed by atoms with van der Waals surface area (Å²) in [5.41, 5.74) is 1.38. The fourth-order valence-electron chi connectivity index (χ4n) is 3.16. The van der Waals surface area contributed by atoms with Crippen LogP contribution in [0.3, 0.4) is 0 Å². The van der Waals surface area contributed by atoms with Gasteiger partial charge < -0.3 is 5.11 Å². The maximum atomic E-state index is 12.9. The number of aliphatic hydroxyl groups is 1. The van der Waals surface area contributed by atoms with Crippen molar-refractivity contribution in [3.05, 3.63) is 53.7 Å². The van der Waals surface area contributed by atoms with E-state index in [1.165, 1.54) is 6.20 Å². The van der Waals surface area contributed by atoms with Gasteiger partial charge in [0.1, 0.15) is 0 Å². The lowest BCUT2D eigenvalue weighted by molar-refractivity contribution is -0.137. The fraction of sp³-hybridized carbons (Fsp3) is 0.421. The topological polar surface area (TPSA) is 39.6 Å². The normalized spacial score (nSPS) is 16.8. The Kier molecular flexibility index (Phi) is 5.90. The molecule has 0 saturated carbocycles. The maximum Gasteiger partial charge on any atom is 0.416 e. The zero-order valence-corrected chi connectivity index (χ0v) is 14.4. The maximum absolute atomic E-state index is 12.9. The first-order chi connectivity index (χ1) is 12.5. The van der Waals surface area contributed by atoms with E-state index >= 15 is 0 Å². The molecule has 0 bridgehead atoms. The summed E-state index contributed by atoms with van der Waals surface area (Å²) in [5.74, 6) is 0. The lowest BCUT2D eigenvalue weighted by Gasteiger charge is -2.34. The number of pyridine rings is 1. The van der Waals surface area contributed by atoms with Gasteiger partial charge in [-0.3, -0.25) is 14.8 Å². The van der Waals surface area contributed by atoms with Crippen LogP contribution in [0, 0.1) is 0 Å². The molecule has 1 aliphatic heterocycles. The van der Waals surface area contributed by atoms with Crippen molar-refractivity contribution in [1.29, 1.82) is 0 Å². The molecule has 1 saturated heterocycles. The summed E-state index contributed by atoms with van der Waals surface area (Å²) in [4.78, 5) is 8.63. The molecule has 2 heterocycles. The third kappa shape index (κ3) is 4.81. The second kappa shape index (κ2) is 8.16. The molecule has 0 radical (unpaired) electrons. The van der Waals surface area contributed by atoms with Crippen LogP contribution in [0.1, 0.15) is 11.1 Å². The first kappa shape index (κ1) is 18.8. The van der Waals surface area contributed by atoms with Crippen molar-refractivity contribution in [3.63, 3.8) is 0 Å². The molecule has 1 aromatic heterocycles. The second-order valence-electron chi connectivity index (χ2n) is 6.47.